The first-order valence-corrected chi connectivity index (χ1v) is 6.53. The Bertz CT molecular complexity index is 437. The van der Waals surface area contributed by atoms with E-state index in [9.17, 15) is 4.79 Å². The molecule has 1 aromatic rings. The van der Waals surface area contributed by atoms with Crippen molar-refractivity contribution in [3.63, 3.8) is 0 Å². The molecule has 19 heavy (non-hydrogen) atoms. The van der Waals surface area contributed by atoms with Crippen molar-refractivity contribution in [2.24, 2.45) is 5.41 Å². The van der Waals surface area contributed by atoms with Crippen molar-refractivity contribution >= 4 is 11.6 Å². The maximum absolute atomic E-state index is 12.4. The normalized spacial score (nSPS) is 18.9. The van der Waals surface area contributed by atoms with E-state index in [0.717, 1.165) is 25.9 Å². The predicted molar refractivity (Wildman–Crippen MR) is 74.3 cm³/mol. The number of carbonyl (C=O) groups excluding carboxylic acids is 1. The van der Waals surface area contributed by atoms with Crippen LogP contribution in [0, 0.1) is 5.41 Å². The van der Waals surface area contributed by atoms with Crippen molar-refractivity contribution in [2.75, 3.05) is 32.6 Å². The topological polar surface area (TPSA) is 54.5 Å². The van der Waals surface area contributed by atoms with Gasteiger partial charge in [-0.15, -0.1) is 0 Å². The quantitative estimate of drug-likeness (QED) is 0.903. The lowest BCUT2D eigenvalue weighted by Gasteiger charge is -2.36. The molecule has 1 saturated heterocycles. The SMILES string of the molecule is COc1ccc(NC(=O)C2(C)CCN(C)CC2)cn1. The number of carbonyl (C=O) groups is 1. The fourth-order valence-electron chi connectivity index (χ4n) is 2.20. The van der Waals surface area contributed by atoms with Crippen LogP contribution in [-0.2, 0) is 4.79 Å². The number of nitrogens with one attached hydrogen (secondary N) is 1. The average molecular weight is 263 g/mol. The summed E-state index contributed by atoms with van der Waals surface area (Å²) in [6.07, 6.45) is 3.40. The summed E-state index contributed by atoms with van der Waals surface area (Å²) in [6.45, 7) is 3.96. The van der Waals surface area contributed by atoms with E-state index in [1.54, 1.807) is 19.4 Å². The van der Waals surface area contributed by atoms with Crippen LogP contribution in [0.2, 0.25) is 0 Å². The van der Waals surface area contributed by atoms with E-state index in [2.05, 4.69) is 22.2 Å². The van der Waals surface area contributed by atoms with E-state index in [-0.39, 0.29) is 11.3 Å². The number of likely N-dealkylation sites (tertiary alicyclic amines) is 1. The van der Waals surface area contributed by atoms with E-state index in [1.807, 2.05) is 13.0 Å². The first-order valence-electron chi connectivity index (χ1n) is 6.53. The van der Waals surface area contributed by atoms with Crippen LogP contribution in [0.15, 0.2) is 18.3 Å². The van der Waals surface area contributed by atoms with Crippen molar-refractivity contribution in [2.45, 2.75) is 19.8 Å². The highest BCUT2D eigenvalue weighted by atomic mass is 16.5. The Morgan fingerprint density at radius 2 is 2.11 bits per heavy atom. The largest absolute Gasteiger partial charge is 0.481 e. The van der Waals surface area contributed by atoms with Gasteiger partial charge in [0.25, 0.3) is 0 Å². The zero-order valence-corrected chi connectivity index (χ0v) is 11.8. The predicted octanol–water partition coefficient (Wildman–Crippen LogP) is 1.76. The number of hydrogen-bond acceptors (Lipinski definition) is 4. The van der Waals surface area contributed by atoms with Gasteiger partial charge in [0.2, 0.25) is 11.8 Å². The smallest absolute Gasteiger partial charge is 0.230 e. The van der Waals surface area contributed by atoms with Crippen LogP contribution < -0.4 is 10.1 Å². The molecule has 1 N–H and O–H groups in total. The monoisotopic (exact) mass is 263 g/mol. The lowest BCUT2D eigenvalue weighted by atomic mass is 9.79. The molecule has 0 saturated carbocycles. The van der Waals surface area contributed by atoms with E-state index < -0.39 is 0 Å². The molecular weight excluding hydrogens is 242 g/mol. The molecule has 1 fully saturated rings. The van der Waals surface area contributed by atoms with Crippen LogP contribution in [0.5, 0.6) is 5.88 Å². The number of nitrogens with zero attached hydrogens (tertiary/aromatic N) is 2. The summed E-state index contributed by atoms with van der Waals surface area (Å²) in [7, 11) is 3.66. The summed E-state index contributed by atoms with van der Waals surface area (Å²) in [6, 6.07) is 3.55. The van der Waals surface area contributed by atoms with Gasteiger partial charge < -0.3 is 15.0 Å². The van der Waals surface area contributed by atoms with Crippen molar-refractivity contribution in [3.8, 4) is 5.88 Å². The van der Waals surface area contributed by atoms with Gasteiger partial charge in [0, 0.05) is 11.5 Å². The maximum Gasteiger partial charge on any atom is 0.230 e. The van der Waals surface area contributed by atoms with Crippen LogP contribution in [0.25, 0.3) is 0 Å². The number of methoxy groups -OCH3 is 1. The first-order chi connectivity index (χ1) is 9.03. The third kappa shape index (κ3) is 3.23. The Kier molecular flexibility index (Phi) is 4.04. The third-order valence-corrected chi connectivity index (χ3v) is 3.84. The van der Waals surface area contributed by atoms with Crippen LogP contribution in [0.4, 0.5) is 5.69 Å². The minimum atomic E-state index is -0.285. The molecule has 5 nitrogen and oxygen atoms in total. The van der Waals surface area contributed by atoms with Gasteiger partial charge >= 0.3 is 0 Å². The molecule has 2 heterocycles. The summed E-state index contributed by atoms with van der Waals surface area (Å²) in [5.41, 5.74) is 0.429. The van der Waals surface area contributed by atoms with Crippen molar-refractivity contribution in [1.82, 2.24) is 9.88 Å². The molecule has 1 aliphatic heterocycles. The van der Waals surface area contributed by atoms with Crippen LogP contribution in [-0.4, -0.2) is 43.0 Å². The minimum absolute atomic E-state index is 0.0765. The number of aromatic nitrogens is 1. The Labute approximate surface area is 114 Å². The van der Waals surface area contributed by atoms with E-state index >= 15 is 0 Å². The Morgan fingerprint density at radius 1 is 1.42 bits per heavy atom. The highest BCUT2D eigenvalue weighted by molar-refractivity contribution is 5.95. The lowest BCUT2D eigenvalue weighted by molar-refractivity contribution is -0.127. The van der Waals surface area contributed by atoms with Gasteiger partial charge in [-0.2, -0.15) is 0 Å². The summed E-state index contributed by atoms with van der Waals surface area (Å²) in [4.78, 5) is 18.7. The fourth-order valence-corrected chi connectivity index (χ4v) is 2.20. The molecule has 0 bridgehead atoms. The maximum atomic E-state index is 12.4. The lowest BCUT2D eigenvalue weighted by Crippen LogP contribution is -2.43. The summed E-state index contributed by atoms with van der Waals surface area (Å²) >= 11 is 0. The minimum Gasteiger partial charge on any atom is -0.481 e. The first kappa shape index (κ1) is 13.8. The van der Waals surface area contributed by atoms with E-state index in [4.69, 9.17) is 4.74 Å². The second kappa shape index (κ2) is 5.57. The Morgan fingerprint density at radius 3 is 2.63 bits per heavy atom. The Hall–Kier alpha value is -1.62. The second-order valence-corrected chi connectivity index (χ2v) is 5.41. The molecule has 104 valence electrons. The van der Waals surface area contributed by atoms with Gasteiger partial charge in [0.1, 0.15) is 0 Å². The number of hydrogen-bond donors (Lipinski definition) is 1. The summed E-state index contributed by atoms with van der Waals surface area (Å²) in [5, 5.41) is 2.94. The molecule has 2 rings (SSSR count). The third-order valence-electron chi connectivity index (χ3n) is 3.84. The van der Waals surface area contributed by atoms with Crippen molar-refractivity contribution in [3.05, 3.63) is 18.3 Å². The van der Waals surface area contributed by atoms with Gasteiger partial charge in [0.15, 0.2) is 0 Å². The average Bonchev–Trinajstić information content (AvgIpc) is 2.43. The van der Waals surface area contributed by atoms with Gasteiger partial charge in [-0.3, -0.25) is 4.79 Å². The molecule has 0 radical (unpaired) electrons. The number of rotatable bonds is 3. The molecule has 1 aliphatic rings. The van der Waals surface area contributed by atoms with Crippen LogP contribution in [0.3, 0.4) is 0 Å². The standard InChI is InChI=1S/C14H21N3O2/c1-14(6-8-17(2)9-7-14)13(18)16-11-4-5-12(19-3)15-10-11/h4-5,10H,6-9H2,1-3H3,(H,16,18). The molecule has 1 amide bonds. The van der Waals surface area contributed by atoms with Gasteiger partial charge in [-0.1, -0.05) is 6.92 Å². The second-order valence-electron chi connectivity index (χ2n) is 5.41. The molecule has 0 aromatic carbocycles. The van der Waals surface area contributed by atoms with Gasteiger partial charge in [0.05, 0.1) is 19.0 Å². The molecule has 0 atom stereocenters. The Balaban J connectivity index is 1.99. The molecule has 5 heteroatoms. The molecule has 0 aliphatic carbocycles. The molecule has 0 spiro atoms. The molecule has 1 aromatic heterocycles. The fraction of sp³-hybridized carbons (Fsp3) is 0.571. The van der Waals surface area contributed by atoms with Gasteiger partial charge in [-0.05, 0) is 39.0 Å². The summed E-state index contributed by atoms with van der Waals surface area (Å²) < 4.78 is 4.99. The number of amides is 1. The zero-order chi connectivity index (χ0) is 13.9. The van der Waals surface area contributed by atoms with Crippen molar-refractivity contribution in [1.29, 1.82) is 0 Å². The number of piperidine rings is 1. The highest BCUT2D eigenvalue weighted by Gasteiger charge is 2.36. The van der Waals surface area contributed by atoms with E-state index in [1.165, 1.54) is 0 Å². The number of anilines is 1. The summed E-state index contributed by atoms with van der Waals surface area (Å²) in [5.74, 6) is 0.621. The van der Waals surface area contributed by atoms with Crippen LogP contribution in [0.1, 0.15) is 19.8 Å². The molecular formula is C14H21N3O2. The number of ether oxygens (including phenoxy) is 1. The highest BCUT2D eigenvalue weighted by Crippen LogP contribution is 2.31. The molecule has 0 unspecified atom stereocenters. The van der Waals surface area contributed by atoms with Crippen LogP contribution >= 0.6 is 0 Å². The van der Waals surface area contributed by atoms with Gasteiger partial charge in [-0.25, -0.2) is 4.98 Å². The van der Waals surface area contributed by atoms with E-state index in [0.29, 0.717) is 11.6 Å². The zero-order valence-electron chi connectivity index (χ0n) is 11.8. The number of pyridine rings is 1. The van der Waals surface area contributed by atoms with Crippen molar-refractivity contribution < 1.29 is 9.53 Å².